The first-order valence-corrected chi connectivity index (χ1v) is 6.73. The van der Waals surface area contributed by atoms with E-state index < -0.39 is 0 Å². The monoisotopic (exact) mass is 277 g/mol. The summed E-state index contributed by atoms with van der Waals surface area (Å²) in [7, 11) is 0. The van der Waals surface area contributed by atoms with E-state index in [1.165, 1.54) is 12.1 Å². The lowest BCUT2D eigenvalue weighted by Crippen LogP contribution is -1.90. The topological polar surface area (TPSA) is 41.6 Å². The van der Waals surface area contributed by atoms with E-state index in [-0.39, 0.29) is 5.82 Å². The molecule has 0 saturated carbocycles. The van der Waals surface area contributed by atoms with E-state index in [1.54, 1.807) is 6.07 Å². The first kappa shape index (κ1) is 12.0. The van der Waals surface area contributed by atoms with Crippen LogP contribution in [0.1, 0.15) is 5.69 Å². The lowest BCUT2D eigenvalue weighted by atomic mass is 10.0. The summed E-state index contributed by atoms with van der Waals surface area (Å²) in [5, 5.41) is 8.88. The van der Waals surface area contributed by atoms with Crippen molar-refractivity contribution >= 4 is 21.8 Å². The number of H-pyrrole nitrogens is 1. The van der Waals surface area contributed by atoms with Gasteiger partial charge in [-0.05, 0) is 25.1 Å². The standard InChI is InChI=1S/C17H12FN3/c1-10-15-17(21-20-10)14-9-12(18)7-8-13(14)16(19-15)11-5-3-2-4-6-11/h2-9H,1H3,(H,20,21). The van der Waals surface area contributed by atoms with Gasteiger partial charge in [0.25, 0.3) is 0 Å². The van der Waals surface area contributed by atoms with Gasteiger partial charge in [-0.25, -0.2) is 9.37 Å². The largest absolute Gasteiger partial charge is 0.275 e. The molecular weight excluding hydrogens is 265 g/mol. The van der Waals surface area contributed by atoms with Crippen LogP contribution in [0, 0.1) is 12.7 Å². The molecule has 0 atom stereocenters. The average molecular weight is 277 g/mol. The lowest BCUT2D eigenvalue weighted by Gasteiger charge is -2.07. The third kappa shape index (κ3) is 1.80. The minimum Gasteiger partial charge on any atom is -0.275 e. The van der Waals surface area contributed by atoms with Gasteiger partial charge in [0, 0.05) is 16.3 Å². The van der Waals surface area contributed by atoms with Crippen molar-refractivity contribution < 1.29 is 4.39 Å². The molecule has 0 bridgehead atoms. The van der Waals surface area contributed by atoms with Crippen molar-refractivity contribution in [2.75, 3.05) is 0 Å². The van der Waals surface area contributed by atoms with Crippen molar-refractivity contribution in [3.63, 3.8) is 0 Å². The number of aromatic amines is 1. The number of hydrogen-bond acceptors (Lipinski definition) is 2. The van der Waals surface area contributed by atoms with Crippen molar-refractivity contribution in [2.24, 2.45) is 0 Å². The zero-order valence-corrected chi connectivity index (χ0v) is 11.4. The summed E-state index contributed by atoms with van der Waals surface area (Å²) in [6.07, 6.45) is 0. The minimum absolute atomic E-state index is 0.263. The maximum atomic E-state index is 13.7. The average Bonchev–Trinajstić information content (AvgIpc) is 2.89. The van der Waals surface area contributed by atoms with Gasteiger partial charge in [0.05, 0.1) is 16.9 Å². The smallest absolute Gasteiger partial charge is 0.123 e. The number of aryl methyl sites for hydroxylation is 1. The Labute approximate surface area is 120 Å². The number of fused-ring (bicyclic) bond motifs is 3. The van der Waals surface area contributed by atoms with Crippen LogP contribution in [0.25, 0.3) is 33.1 Å². The zero-order chi connectivity index (χ0) is 14.4. The Kier molecular flexibility index (Phi) is 2.51. The van der Waals surface area contributed by atoms with E-state index in [9.17, 15) is 4.39 Å². The predicted molar refractivity (Wildman–Crippen MR) is 81.5 cm³/mol. The van der Waals surface area contributed by atoms with E-state index >= 15 is 0 Å². The molecule has 102 valence electrons. The third-order valence-corrected chi connectivity index (χ3v) is 3.69. The van der Waals surface area contributed by atoms with Crippen LogP contribution < -0.4 is 0 Å². The Balaban J connectivity index is 2.20. The molecule has 3 nitrogen and oxygen atoms in total. The number of halogens is 1. The van der Waals surface area contributed by atoms with Gasteiger partial charge in [-0.15, -0.1) is 0 Å². The molecule has 0 radical (unpaired) electrons. The Morgan fingerprint density at radius 1 is 1.00 bits per heavy atom. The Bertz CT molecular complexity index is 958. The van der Waals surface area contributed by atoms with Crippen LogP contribution in [0.4, 0.5) is 4.39 Å². The molecule has 0 fully saturated rings. The number of pyridine rings is 1. The highest BCUT2D eigenvalue weighted by molar-refractivity contribution is 6.09. The fraction of sp³-hybridized carbons (Fsp3) is 0.0588. The van der Waals surface area contributed by atoms with Gasteiger partial charge in [0.15, 0.2) is 0 Å². The molecule has 2 aromatic heterocycles. The van der Waals surface area contributed by atoms with Crippen LogP contribution in [0.2, 0.25) is 0 Å². The molecule has 21 heavy (non-hydrogen) atoms. The maximum absolute atomic E-state index is 13.7. The second-order valence-electron chi connectivity index (χ2n) is 5.05. The van der Waals surface area contributed by atoms with Gasteiger partial charge >= 0.3 is 0 Å². The third-order valence-electron chi connectivity index (χ3n) is 3.69. The van der Waals surface area contributed by atoms with E-state index in [1.807, 2.05) is 37.3 Å². The molecule has 0 spiro atoms. The number of rotatable bonds is 1. The lowest BCUT2D eigenvalue weighted by molar-refractivity contribution is 0.630. The van der Waals surface area contributed by atoms with E-state index in [0.29, 0.717) is 0 Å². The minimum atomic E-state index is -0.263. The molecule has 0 unspecified atom stereocenters. The number of aromatic nitrogens is 3. The molecule has 2 aromatic carbocycles. The summed E-state index contributed by atoms with van der Waals surface area (Å²) in [5.41, 5.74) is 4.24. The number of nitrogens with one attached hydrogen (secondary N) is 1. The highest BCUT2D eigenvalue weighted by Crippen LogP contribution is 2.32. The summed E-state index contributed by atoms with van der Waals surface area (Å²) in [5.74, 6) is -0.263. The Morgan fingerprint density at radius 3 is 2.62 bits per heavy atom. The van der Waals surface area contributed by atoms with Gasteiger partial charge in [-0.1, -0.05) is 30.3 Å². The van der Waals surface area contributed by atoms with Crippen molar-refractivity contribution in [1.29, 1.82) is 0 Å². The fourth-order valence-corrected chi connectivity index (χ4v) is 2.67. The van der Waals surface area contributed by atoms with Crippen LogP contribution in [-0.4, -0.2) is 15.2 Å². The van der Waals surface area contributed by atoms with Crippen LogP contribution in [0.15, 0.2) is 48.5 Å². The SMILES string of the molecule is Cc1n[nH]c2c1nc(-c1ccccc1)c1ccc(F)cc12. The molecule has 4 rings (SSSR count). The molecule has 0 amide bonds. The van der Waals surface area contributed by atoms with E-state index in [2.05, 4.69) is 10.2 Å². The molecule has 0 aliphatic rings. The first-order chi connectivity index (χ1) is 10.2. The zero-order valence-electron chi connectivity index (χ0n) is 11.4. The Hall–Kier alpha value is -2.75. The van der Waals surface area contributed by atoms with E-state index in [0.717, 1.165) is 38.8 Å². The van der Waals surface area contributed by atoms with E-state index in [4.69, 9.17) is 4.98 Å². The highest BCUT2D eigenvalue weighted by atomic mass is 19.1. The van der Waals surface area contributed by atoms with Gasteiger partial charge in [0.1, 0.15) is 11.3 Å². The van der Waals surface area contributed by atoms with Gasteiger partial charge in [-0.2, -0.15) is 5.10 Å². The van der Waals surface area contributed by atoms with Crippen LogP contribution in [-0.2, 0) is 0 Å². The summed E-state index contributed by atoms with van der Waals surface area (Å²) in [6.45, 7) is 1.89. The van der Waals surface area contributed by atoms with Crippen molar-refractivity contribution in [3.05, 3.63) is 60.0 Å². The molecule has 0 aliphatic carbocycles. The molecule has 4 aromatic rings. The summed E-state index contributed by atoms with van der Waals surface area (Å²) in [6, 6.07) is 14.7. The molecular formula is C17H12FN3. The maximum Gasteiger partial charge on any atom is 0.123 e. The summed E-state index contributed by atoms with van der Waals surface area (Å²) >= 11 is 0. The predicted octanol–water partition coefficient (Wildman–Crippen LogP) is 4.23. The molecule has 1 N–H and O–H groups in total. The van der Waals surface area contributed by atoms with Gasteiger partial charge in [-0.3, -0.25) is 5.10 Å². The van der Waals surface area contributed by atoms with Crippen LogP contribution in [0.5, 0.6) is 0 Å². The second-order valence-corrected chi connectivity index (χ2v) is 5.05. The quantitative estimate of drug-likeness (QED) is 0.566. The Morgan fingerprint density at radius 2 is 1.81 bits per heavy atom. The first-order valence-electron chi connectivity index (χ1n) is 6.73. The number of nitrogens with zero attached hydrogens (tertiary/aromatic N) is 2. The molecule has 0 saturated heterocycles. The summed E-state index contributed by atoms with van der Waals surface area (Å²) in [4.78, 5) is 4.75. The number of hydrogen-bond donors (Lipinski definition) is 1. The molecule has 2 heterocycles. The number of benzene rings is 2. The van der Waals surface area contributed by atoms with Gasteiger partial charge in [0.2, 0.25) is 0 Å². The van der Waals surface area contributed by atoms with Crippen molar-refractivity contribution in [3.8, 4) is 11.3 Å². The van der Waals surface area contributed by atoms with Crippen molar-refractivity contribution in [2.45, 2.75) is 6.92 Å². The normalized spacial score (nSPS) is 11.3. The second kappa shape index (κ2) is 4.38. The summed E-state index contributed by atoms with van der Waals surface area (Å²) < 4.78 is 13.7. The molecule has 0 aliphatic heterocycles. The van der Waals surface area contributed by atoms with Crippen LogP contribution >= 0.6 is 0 Å². The molecule has 4 heteroatoms. The fourth-order valence-electron chi connectivity index (χ4n) is 2.67. The van der Waals surface area contributed by atoms with Crippen molar-refractivity contribution in [1.82, 2.24) is 15.2 Å². The van der Waals surface area contributed by atoms with Crippen LogP contribution in [0.3, 0.4) is 0 Å². The highest BCUT2D eigenvalue weighted by Gasteiger charge is 2.14. The van der Waals surface area contributed by atoms with Gasteiger partial charge < -0.3 is 0 Å².